The Balaban J connectivity index is 3.12. The van der Waals surface area contributed by atoms with Crippen molar-refractivity contribution in [2.75, 3.05) is 0 Å². The Morgan fingerprint density at radius 3 is 2.47 bits per heavy atom. The van der Waals surface area contributed by atoms with E-state index >= 15 is 0 Å². The van der Waals surface area contributed by atoms with E-state index < -0.39 is 21.5 Å². The molecule has 19 heavy (non-hydrogen) atoms. The lowest BCUT2D eigenvalue weighted by molar-refractivity contribution is -0.138. The fourth-order valence-electron chi connectivity index (χ4n) is 1.52. The van der Waals surface area contributed by atoms with Crippen LogP contribution in [0.3, 0.4) is 0 Å². The zero-order valence-electron chi connectivity index (χ0n) is 10.3. The van der Waals surface area contributed by atoms with Crippen LogP contribution in [0.25, 0.3) is 0 Å². The molecule has 0 aliphatic carbocycles. The summed E-state index contributed by atoms with van der Waals surface area (Å²) in [7, 11) is -3.95. The first-order valence-electron chi connectivity index (χ1n) is 5.25. The maximum Gasteiger partial charge on any atom is 0.305 e. The van der Waals surface area contributed by atoms with Crippen molar-refractivity contribution in [3.63, 3.8) is 0 Å². The van der Waals surface area contributed by atoms with E-state index in [9.17, 15) is 13.2 Å². The van der Waals surface area contributed by atoms with Crippen LogP contribution in [0.2, 0.25) is 10.0 Å². The maximum atomic E-state index is 12.2. The minimum Gasteiger partial charge on any atom is -0.481 e. The van der Waals surface area contributed by atoms with Gasteiger partial charge in [0.2, 0.25) is 10.0 Å². The number of rotatable bonds is 5. The summed E-state index contributed by atoms with van der Waals surface area (Å²) in [5.41, 5.74) is -1.14. The zero-order chi connectivity index (χ0) is 14.8. The molecule has 0 aliphatic heterocycles. The lowest BCUT2D eigenvalue weighted by Gasteiger charge is -2.24. The van der Waals surface area contributed by atoms with E-state index in [1.807, 2.05) is 0 Å². The van der Waals surface area contributed by atoms with Crippen molar-refractivity contribution >= 4 is 39.2 Å². The molecule has 2 N–H and O–H groups in total. The molecule has 0 fully saturated rings. The van der Waals surface area contributed by atoms with Crippen LogP contribution >= 0.6 is 23.2 Å². The van der Waals surface area contributed by atoms with Crippen molar-refractivity contribution < 1.29 is 18.3 Å². The Kier molecular flexibility index (Phi) is 4.84. The highest BCUT2D eigenvalue weighted by atomic mass is 35.5. The Morgan fingerprint density at radius 2 is 1.95 bits per heavy atom. The summed E-state index contributed by atoms with van der Waals surface area (Å²) in [5, 5.41) is 8.75. The summed E-state index contributed by atoms with van der Waals surface area (Å²) in [6, 6.07) is 4.21. The van der Waals surface area contributed by atoms with E-state index in [0.717, 1.165) is 0 Å². The second-order valence-corrected chi connectivity index (χ2v) is 7.05. The first-order valence-corrected chi connectivity index (χ1v) is 7.49. The molecule has 0 amide bonds. The molecule has 0 radical (unpaired) electrons. The van der Waals surface area contributed by atoms with Crippen LogP contribution in [0, 0.1) is 0 Å². The van der Waals surface area contributed by atoms with Gasteiger partial charge in [0.1, 0.15) is 4.90 Å². The number of aliphatic carboxylic acids is 1. The van der Waals surface area contributed by atoms with E-state index in [1.54, 1.807) is 0 Å². The SMILES string of the molecule is CC(C)(CC(=O)O)NS(=O)(=O)c1cccc(Cl)c1Cl. The van der Waals surface area contributed by atoms with Gasteiger partial charge in [-0.2, -0.15) is 0 Å². The van der Waals surface area contributed by atoms with Gasteiger partial charge in [-0.15, -0.1) is 0 Å². The predicted octanol–water partition coefficient (Wildman–Crippen LogP) is 2.53. The minimum absolute atomic E-state index is 0.0946. The van der Waals surface area contributed by atoms with Crippen LogP contribution in [0.15, 0.2) is 23.1 Å². The van der Waals surface area contributed by atoms with Gasteiger partial charge in [-0.25, -0.2) is 13.1 Å². The van der Waals surface area contributed by atoms with Crippen molar-refractivity contribution in [2.24, 2.45) is 0 Å². The summed E-state index contributed by atoms with van der Waals surface area (Å²) in [5.74, 6) is -1.11. The van der Waals surface area contributed by atoms with Gasteiger partial charge in [-0.05, 0) is 26.0 Å². The van der Waals surface area contributed by atoms with Gasteiger partial charge in [0.15, 0.2) is 0 Å². The molecular weight excluding hydrogens is 313 g/mol. The number of carbonyl (C=O) groups is 1. The Hall–Kier alpha value is -0.820. The van der Waals surface area contributed by atoms with Crippen LogP contribution in [-0.4, -0.2) is 25.0 Å². The lowest BCUT2D eigenvalue weighted by atomic mass is 10.0. The molecule has 0 aromatic heterocycles. The number of nitrogens with one attached hydrogen (secondary N) is 1. The van der Waals surface area contributed by atoms with Crippen molar-refractivity contribution in [2.45, 2.75) is 30.7 Å². The van der Waals surface area contributed by atoms with Crippen LogP contribution in [0.5, 0.6) is 0 Å². The molecule has 0 unspecified atom stereocenters. The molecule has 0 saturated heterocycles. The molecule has 0 atom stereocenters. The van der Waals surface area contributed by atoms with Gasteiger partial charge in [-0.1, -0.05) is 29.3 Å². The molecule has 0 spiro atoms. The second kappa shape index (κ2) is 5.66. The monoisotopic (exact) mass is 325 g/mol. The molecule has 1 aromatic carbocycles. The van der Waals surface area contributed by atoms with Gasteiger partial charge in [-0.3, -0.25) is 4.79 Å². The van der Waals surface area contributed by atoms with Crippen LogP contribution in [-0.2, 0) is 14.8 Å². The normalized spacial score (nSPS) is 12.4. The number of carboxylic acid groups (broad SMARTS) is 1. The topological polar surface area (TPSA) is 83.5 Å². The smallest absolute Gasteiger partial charge is 0.305 e. The van der Waals surface area contributed by atoms with Crippen molar-refractivity contribution in [1.82, 2.24) is 4.72 Å². The van der Waals surface area contributed by atoms with Crippen molar-refractivity contribution in [1.29, 1.82) is 0 Å². The third kappa shape index (κ3) is 4.35. The number of hydrogen-bond donors (Lipinski definition) is 2. The van der Waals surface area contributed by atoms with E-state index in [1.165, 1.54) is 32.0 Å². The molecule has 0 heterocycles. The summed E-state index contributed by atoms with van der Waals surface area (Å²) in [4.78, 5) is 10.5. The standard InChI is InChI=1S/C11H13Cl2NO4S/c1-11(2,6-9(15)16)14-19(17,18)8-5-3-4-7(12)10(8)13/h3-5,14H,6H2,1-2H3,(H,15,16). The molecular formula is C11H13Cl2NO4S. The van der Waals surface area contributed by atoms with E-state index in [4.69, 9.17) is 28.3 Å². The third-order valence-corrected chi connectivity index (χ3v) is 4.88. The molecule has 5 nitrogen and oxygen atoms in total. The van der Waals surface area contributed by atoms with Gasteiger partial charge in [0.05, 0.1) is 16.5 Å². The highest BCUT2D eigenvalue weighted by Gasteiger charge is 2.30. The molecule has 0 aliphatic rings. The van der Waals surface area contributed by atoms with Gasteiger partial charge in [0, 0.05) is 5.54 Å². The summed E-state index contributed by atoms with van der Waals surface area (Å²) in [6.07, 6.45) is -0.357. The van der Waals surface area contributed by atoms with Crippen molar-refractivity contribution in [3.8, 4) is 0 Å². The van der Waals surface area contributed by atoms with Gasteiger partial charge >= 0.3 is 5.97 Å². The average Bonchev–Trinajstić information content (AvgIpc) is 2.17. The lowest BCUT2D eigenvalue weighted by Crippen LogP contribution is -2.44. The summed E-state index contributed by atoms with van der Waals surface area (Å²) >= 11 is 11.6. The van der Waals surface area contributed by atoms with Crippen LogP contribution in [0.4, 0.5) is 0 Å². The number of hydrogen-bond acceptors (Lipinski definition) is 3. The number of sulfonamides is 1. The summed E-state index contributed by atoms with van der Waals surface area (Å²) in [6.45, 7) is 2.94. The molecule has 1 aromatic rings. The Labute approximate surface area is 121 Å². The van der Waals surface area contributed by atoms with Gasteiger partial charge in [0.25, 0.3) is 0 Å². The number of carboxylic acids is 1. The Bertz CT molecular complexity index is 599. The molecule has 106 valence electrons. The quantitative estimate of drug-likeness (QED) is 0.871. The second-order valence-electron chi connectivity index (χ2n) is 4.61. The van der Waals surface area contributed by atoms with Crippen LogP contribution in [0.1, 0.15) is 20.3 Å². The largest absolute Gasteiger partial charge is 0.481 e. The van der Waals surface area contributed by atoms with Crippen LogP contribution < -0.4 is 4.72 Å². The molecule has 8 heteroatoms. The summed E-state index contributed by atoms with van der Waals surface area (Å²) < 4.78 is 26.6. The number of benzene rings is 1. The average molecular weight is 326 g/mol. The van der Waals surface area contributed by atoms with Crippen molar-refractivity contribution in [3.05, 3.63) is 28.2 Å². The first kappa shape index (κ1) is 16.2. The van der Waals surface area contributed by atoms with E-state index in [0.29, 0.717) is 0 Å². The first-order chi connectivity index (χ1) is 8.55. The minimum atomic E-state index is -3.95. The van der Waals surface area contributed by atoms with E-state index in [2.05, 4.69) is 4.72 Å². The third-order valence-electron chi connectivity index (χ3n) is 2.21. The molecule has 0 saturated carbocycles. The molecule has 0 bridgehead atoms. The fourth-order valence-corrected chi connectivity index (χ4v) is 3.70. The van der Waals surface area contributed by atoms with Gasteiger partial charge < -0.3 is 5.11 Å². The number of halogens is 2. The van der Waals surface area contributed by atoms with E-state index in [-0.39, 0.29) is 21.4 Å². The highest BCUT2D eigenvalue weighted by molar-refractivity contribution is 7.89. The highest BCUT2D eigenvalue weighted by Crippen LogP contribution is 2.29. The molecule has 1 rings (SSSR count). The zero-order valence-corrected chi connectivity index (χ0v) is 12.6. The Morgan fingerprint density at radius 1 is 1.37 bits per heavy atom. The fraction of sp³-hybridized carbons (Fsp3) is 0.364. The maximum absolute atomic E-state index is 12.2. The predicted molar refractivity (Wildman–Crippen MR) is 73.1 cm³/mol.